The SMILES string of the molecule is CC(O)(CNC(=O)c1ccccc1Cn1cccn1)C(=O)O. The summed E-state index contributed by atoms with van der Waals surface area (Å²) in [6.07, 6.45) is 3.43. The first-order valence-electron chi connectivity index (χ1n) is 6.69. The molecule has 22 heavy (non-hydrogen) atoms. The van der Waals surface area contributed by atoms with Gasteiger partial charge >= 0.3 is 5.97 Å². The standard InChI is InChI=1S/C15H17N3O4/c1-15(22,14(20)21)10-16-13(19)12-6-3-2-5-11(12)9-18-8-4-7-17-18/h2-8,22H,9-10H2,1H3,(H,16,19)(H,20,21). The van der Waals surface area contributed by atoms with E-state index in [4.69, 9.17) is 5.11 Å². The summed E-state index contributed by atoms with van der Waals surface area (Å²) < 4.78 is 1.68. The fourth-order valence-electron chi connectivity index (χ4n) is 1.87. The molecule has 0 aliphatic carbocycles. The molecular weight excluding hydrogens is 286 g/mol. The van der Waals surface area contributed by atoms with Crippen molar-refractivity contribution in [2.75, 3.05) is 6.54 Å². The van der Waals surface area contributed by atoms with Crippen molar-refractivity contribution in [3.8, 4) is 0 Å². The van der Waals surface area contributed by atoms with Crippen molar-refractivity contribution in [2.45, 2.75) is 19.1 Å². The van der Waals surface area contributed by atoms with Crippen LogP contribution < -0.4 is 5.32 Å². The molecule has 0 saturated heterocycles. The van der Waals surface area contributed by atoms with Crippen LogP contribution in [-0.2, 0) is 11.3 Å². The van der Waals surface area contributed by atoms with Gasteiger partial charge in [0.25, 0.3) is 5.91 Å². The molecule has 116 valence electrons. The van der Waals surface area contributed by atoms with E-state index in [2.05, 4.69) is 10.4 Å². The Balaban J connectivity index is 2.11. The maximum absolute atomic E-state index is 12.2. The summed E-state index contributed by atoms with van der Waals surface area (Å²) in [5.41, 5.74) is -0.843. The molecule has 0 aliphatic heterocycles. The van der Waals surface area contributed by atoms with Gasteiger partial charge in [0.2, 0.25) is 0 Å². The van der Waals surface area contributed by atoms with Gasteiger partial charge in [0, 0.05) is 18.0 Å². The predicted octanol–water partition coefficient (Wildman–Crippen LogP) is 0.497. The van der Waals surface area contributed by atoms with E-state index in [9.17, 15) is 14.7 Å². The van der Waals surface area contributed by atoms with E-state index in [-0.39, 0.29) is 6.54 Å². The van der Waals surface area contributed by atoms with Gasteiger partial charge in [-0.15, -0.1) is 0 Å². The molecule has 1 amide bonds. The van der Waals surface area contributed by atoms with Gasteiger partial charge < -0.3 is 15.5 Å². The lowest BCUT2D eigenvalue weighted by Gasteiger charge is -2.19. The number of rotatable bonds is 6. The molecule has 0 fully saturated rings. The van der Waals surface area contributed by atoms with Crippen molar-refractivity contribution in [1.29, 1.82) is 0 Å². The fourth-order valence-corrected chi connectivity index (χ4v) is 1.87. The summed E-state index contributed by atoms with van der Waals surface area (Å²) in [5.74, 6) is -1.83. The topological polar surface area (TPSA) is 104 Å². The summed E-state index contributed by atoms with van der Waals surface area (Å²) in [6, 6.07) is 8.75. The van der Waals surface area contributed by atoms with Crippen molar-refractivity contribution in [3.05, 3.63) is 53.9 Å². The second-order valence-corrected chi connectivity index (χ2v) is 5.12. The van der Waals surface area contributed by atoms with Crippen LogP contribution in [0.2, 0.25) is 0 Å². The number of hydrogen-bond donors (Lipinski definition) is 3. The largest absolute Gasteiger partial charge is 0.479 e. The zero-order valence-electron chi connectivity index (χ0n) is 12.1. The Bertz CT molecular complexity index is 665. The minimum Gasteiger partial charge on any atom is -0.479 e. The highest BCUT2D eigenvalue weighted by atomic mass is 16.4. The monoisotopic (exact) mass is 303 g/mol. The molecule has 7 heteroatoms. The molecule has 2 rings (SSSR count). The highest BCUT2D eigenvalue weighted by Crippen LogP contribution is 2.11. The highest BCUT2D eigenvalue weighted by Gasteiger charge is 2.30. The summed E-state index contributed by atoms with van der Waals surface area (Å²) in [4.78, 5) is 23.1. The maximum atomic E-state index is 12.2. The molecule has 1 aromatic heterocycles. The Hall–Kier alpha value is -2.67. The van der Waals surface area contributed by atoms with Crippen molar-refractivity contribution in [2.24, 2.45) is 0 Å². The van der Waals surface area contributed by atoms with Crippen LogP contribution in [0.4, 0.5) is 0 Å². The lowest BCUT2D eigenvalue weighted by atomic mass is 10.1. The van der Waals surface area contributed by atoms with E-state index in [1.54, 1.807) is 41.3 Å². The lowest BCUT2D eigenvalue weighted by Crippen LogP contribution is -2.46. The Labute approximate surface area is 127 Å². The normalized spacial score (nSPS) is 13.4. The van der Waals surface area contributed by atoms with Crippen LogP contribution >= 0.6 is 0 Å². The third-order valence-electron chi connectivity index (χ3n) is 3.21. The fraction of sp³-hybridized carbons (Fsp3) is 0.267. The smallest absolute Gasteiger partial charge is 0.337 e. The number of aromatic nitrogens is 2. The predicted molar refractivity (Wildman–Crippen MR) is 78.4 cm³/mol. The molecule has 2 aromatic rings. The quantitative estimate of drug-likeness (QED) is 0.720. The average molecular weight is 303 g/mol. The molecule has 3 N–H and O–H groups in total. The number of carbonyl (C=O) groups is 2. The first-order valence-corrected chi connectivity index (χ1v) is 6.69. The summed E-state index contributed by atoms with van der Waals surface area (Å²) in [6.45, 7) is 1.18. The molecule has 7 nitrogen and oxygen atoms in total. The summed E-state index contributed by atoms with van der Waals surface area (Å²) in [5, 5.41) is 25.0. The number of carbonyl (C=O) groups excluding carboxylic acids is 1. The third kappa shape index (κ3) is 3.70. The number of aliphatic carboxylic acids is 1. The Morgan fingerprint density at radius 3 is 2.68 bits per heavy atom. The molecule has 0 spiro atoms. The van der Waals surface area contributed by atoms with Gasteiger partial charge in [-0.2, -0.15) is 5.10 Å². The maximum Gasteiger partial charge on any atom is 0.337 e. The van der Waals surface area contributed by atoms with Gasteiger partial charge in [-0.1, -0.05) is 18.2 Å². The lowest BCUT2D eigenvalue weighted by molar-refractivity contribution is -0.155. The molecular formula is C15H17N3O4. The molecule has 0 radical (unpaired) electrons. The van der Waals surface area contributed by atoms with Gasteiger partial charge in [0.05, 0.1) is 13.1 Å². The van der Waals surface area contributed by atoms with Crippen molar-refractivity contribution >= 4 is 11.9 Å². The molecule has 0 aliphatic rings. The van der Waals surface area contributed by atoms with Gasteiger partial charge in [-0.3, -0.25) is 9.48 Å². The molecule has 1 aromatic carbocycles. The van der Waals surface area contributed by atoms with Crippen molar-refractivity contribution in [1.82, 2.24) is 15.1 Å². The molecule has 0 saturated carbocycles. The number of amides is 1. The first kappa shape index (κ1) is 15.7. The Morgan fingerprint density at radius 2 is 2.05 bits per heavy atom. The van der Waals surface area contributed by atoms with Crippen LogP contribution in [0.3, 0.4) is 0 Å². The van der Waals surface area contributed by atoms with Crippen LogP contribution in [0.25, 0.3) is 0 Å². The van der Waals surface area contributed by atoms with E-state index >= 15 is 0 Å². The minimum atomic E-state index is -2.01. The average Bonchev–Trinajstić information content (AvgIpc) is 2.98. The van der Waals surface area contributed by atoms with Gasteiger partial charge in [-0.25, -0.2) is 4.79 Å². The molecule has 1 heterocycles. The van der Waals surface area contributed by atoms with Crippen molar-refractivity contribution in [3.63, 3.8) is 0 Å². The Morgan fingerprint density at radius 1 is 1.32 bits per heavy atom. The van der Waals surface area contributed by atoms with E-state index < -0.39 is 17.5 Å². The van der Waals surface area contributed by atoms with E-state index in [1.807, 2.05) is 6.07 Å². The highest BCUT2D eigenvalue weighted by molar-refractivity contribution is 5.96. The summed E-state index contributed by atoms with van der Waals surface area (Å²) >= 11 is 0. The second-order valence-electron chi connectivity index (χ2n) is 5.12. The number of aliphatic hydroxyl groups is 1. The number of hydrogen-bond acceptors (Lipinski definition) is 4. The van der Waals surface area contributed by atoms with Crippen molar-refractivity contribution < 1.29 is 19.8 Å². The first-order chi connectivity index (χ1) is 10.4. The Kier molecular flexibility index (Phi) is 4.57. The second kappa shape index (κ2) is 6.40. The zero-order valence-corrected chi connectivity index (χ0v) is 12.1. The molecule has 1 atom stereocenters. The number of nitrogens with one attached hydrogen (secondary N) is 1. The van der Waals surface area contributed by atoms with Crippen LogP contribution in [0.15, 0.2) is 42.7 Å². The van der Waals surface area contributed by atoms with Crippen LogP contribution in [0.1, 0.15) is 22.8 Å². The number of carboxylic acid groups (broad SMARTS) is 1. The van der Waals surface area contributed by atoms with Crippen LogP contribution in [0.5, 0.6) is 0 Å². The number of nitrogens with zero attached hydrogens (tertiary/aromatic N) is 2. The van der Waals surface area contributed by atoms with Crippen LogP contribution in [-0.4, -0.2) is 44.0 Å². The van der Waals surface area contributed by atoms with E-state index in [0.29, 0.717) is 12.1 Å². The van der Waals surface area contributed by atoms with Gasteiger partial charge in [0.15, 0.2) is 5.60 Å². The zero-order chi connectivity index (χ0) is 16.2. The van der Waals surface area contributed by atoms with Gasteiger partial charge in [-0.05, 0) is 24.6 Å². The summed E-state index contributed by atoms with van der Waals surface area (Å²) in [7, 11) is 0. The van der Waals surface area contributed by atoms with E-state index in [0.717, 1.165) is 12.5 Å². The minimum absolute atomic E-state index is 0.378. The molecule has 1 unspecified atom stereocenters. The van der Waals surface area contributed by atoms with Crippen LogP contribution in [0, 0.1) is 0 Å². The van der Waals surface area contributed by atoms with Gasteiger partial charge in [0.1, 0.15) is 0 Å². The third-order valence-corrected chi connectivity index (χ3v) is 3.21. The number of benzene rings is 1. The van der Waals surface area contributed by atoms with E-state index in [1.165, 1.54) is 0 Å². The molecule has 0 bridgehead atoms. The number of carboxylic acids is 1.